The quantitative estimate of drug-likeness (QED) is 0.662. The Hall–Kier alpha value is -2.22. The number of hydrogen-bond donors (Lipinski definition) is 1. The molecular formula is C14H18FN3O4. The van der Waals surface area contributed by atoms with E-state index in [-0.39, 0.29) is 18.6 Å². The number of carbonyl (C=O) groups is 1. The molecule has 1 amide bonds. The molecule has 1 N–H and O–H groups in total. The molecule has 2 rings (SSSR count). The predicted molar refractivity (Wildman–Crippen MR) is 78.2 cm³/mol. The Morgan fingerprint density at radius 1 is 1.59 bits per heavy atom. The van der Waals surface area contributed by atoms with Gasteiger partial charge in [0.15, 0.2) is 0 Å². The van der Waals surface area contributed by atoms with Gasteiger partial charge in [0.25, 0.3) is 0 Å². The number of rotatable bonds is 5. The van der Waals surface area contributed by atoms with Crippen molar-refractivity contribution < 1.29 is 18.8 Å². The van der Waals surface area contributed by atoms with Crippen LogP contribution in [0.25, 0.3) is 0 Å². The second-order valence-corrected chi connectivity index (χ2v) is 5.02. The van der Waals surface area contributed by atoms with Gasteiger partial charge in [0.05, 0.1) is 24.2 Å². The molecule has 0 aliphatic carbocycles. The third kappa shape index (κ3) is 3.91. The molecule has 0 spiro atoms. The molecule has 0 saturated carbocycles. The maximum atomic E-state index is 13.2. The van der Waals surface area contributed by atoms with E-state index in [1.165, 1.54) is 6.07 Å². The predicted octanol–water partition coefficient (Wildman–Crippen LogP) is 1.78. The van der Waals surface area contributed by atoms with Gasteiger partial charge in [0.1, 0.15) is 0 Å². The van der Waals surface area contributed by atoms with Gasteiger partial charge in [-0.05, 0) is 18.6 Å². The van der Waals surface area contributed by atoms with Crippen LogP contribution in [0.3, 0.4) is 0 Å². The number of benzene rings is 1. The first-order valence-corrected chi connectivity index (χ1v) is 7.08. The molecule has 0 aromatic heterocycles. The minimum absolute atomic E-state index is 0.000773. The van der Waals surface area contributed by atoms with Crippen LogP contribution >= 0.6 is 0 Å². The number of nitrogens with one attached hydrogen (secondary N) is 1. The molecule has 8 heteroatoms. The Kier molecular flexibility index (Phi) is 5.26. The monoisotopic (exact) mass is 311 g/mol. The first-order chi connectivity index (χ1) is 10.5. The zero-order valence-electron chi connectivity index (χ0n) is 12.3. The molecule has 0 radical (unpaired) electrons. The van der Waals surface area contributed by atoms with Crippen molar-refractivity contribution in [3.8, 4) is 0 Å². The van der Waals surface area contributed by atoms with Crippen molar-refractivity contribution in [1.29, 1.82) is 0 Å². The number of nitro benzene ring substituents is 1. The number of hydrogen-bond acceptors (Lipinski definition) is 5. The Morgan fingerprint density at radius 2 is 2.36 bits per heavy atom. The van der Waals surface area contributed by atoms with Gasteiger partial charge in [-0.15, -0.1) is 0 Å². The van der Waals surface area contributed by atoms with Crippen LogP contribution in [0.5, 0.6) is 0 Å². The summed E-state index contributed by atoms with van der Waals surface area (Å²) in [5.74, 6) is -1.02. The van der Waals surface area contributed by atoms with E-state index in [0.29, 0.717) is 25.4 Å². The molecule has 0 bridgehead atoms. The fourth-order valence-corrected chi connectivity index (χ4v) is 2.24. The molecule has 120 valence electrons. The van der Waals surface area contributed by atoms with Crippen LogP contribution in [0.4, 0.5) is 15.8 Å². The van der Waals surface area contributed by atoms with E-state index < -0.39 is 16.4 Å². The maximum Gasteiger partial charge on any atom is 0.306 e. The van der Waals surface area contributed by atoms with E-state index in [0.717, 1.165) is 18.6 Å². The lowest BCUT2D eigenvalue weighted by Gasteiger charge is -2.32. The van der Waals surface area contributed by atoms with Gasteiger partial charge in [0.2, 0.25) is 11.7 Å². The summed E-state index contributed by atoms with van der Waals surface area (Å²) < 4.78 is 18.7. The van der Waals surface area contributed by atoms with Crippen molar-refractivity contribution in [2.75, 3.05) is 31.6 Å². The Labute approximate surface area is 127 Å². The maximum absolute atomic E-state index is 13.2. The van der Waals surface area contributed by atoms with Gasteiger partial charge >= 0.3 is 5.69 Å². The van der Waals surface area contributed by atoms with Crippen LogP contribution in [0, 0.1) is 15.9 Å². The Morgan fingerprint density at radius 3 is 3.05 bits per heavy atom. The van der Waals surface area contributed by atoms with E-state index in [1.54, 1.807) is 4.90 Å². The normalized spacial score (nSPS) is 18.1. The van der Waals surface area contributed by atoms with E-state index in [4.69, 9.17) is 4.74 Å². The average Bonchev–Trinajstić information content (AvgIpc) is 2.53. The molecule has 1 aromatic rings. The topological polar surface area (TPSA) is 84.7 Å². The average molecular weight is 311 g/mol. The van der Waals surface area contributed by atoms with Crippen molar-refractivity contribution in [2.45, 2.75) is 19.4 Å². The molecule has 7 nitrogen and oxygen atoms in total. The van der Waals surface area contributed by atoms with Crippen LogP contribution in [0.2, 0.25) is 0 Å². The van der Waals surface area contributed by atoms with Crippen molar-refractivity contribution in [3.63, 3.8) is 0 Å². The van der Waals surface area contributed by atoms with Gasteiger partial charge in [-0.3, -0.25) is 14.9 Å². The van der Waals surface area contributed by atoms with Gasteiger partial charge in [-0.2, -0.15) is 4.39 Å². The van der Waals surface area contributed by atoms with Crippen LogP contribution < -0.4 is 5.32 Å². The van der Waals surface area contributed by atoms with E-state index in [9.17, 15) is 19.3 Å². The first kappa shape index (κ1) is 16.2. The fourth-order valence-electron chi connectivity index (χ4n) is 2.24. The van der Waals surface area contributed by atoms with E-state index in [1.807, 2.05) is 6.92 Å². The molecule has 1 heterocycles. The van der Waals surface area contributed by atoms with Crippen molar-refractivity contribution in [2.24, 2.45) is 0 Å². The number of anilines is 1. The summed E-state index contributed by atoms with van der Waals surface area (Å²) in [6.07, 6.45) is 0.881. The summed E-state index contributed by atoms with van der Waals surface area (Å²) in [4.78, 5) is 23.7. The van der Waals surface area contributed by atoms with E-state index >= 15 is 0 Å². The molecule has 22 heavy (non-hydrogen) atoms. The summed E-state index contributed by atoms with van der Waals surface area (Å²) >= 11 is 0. The van der Waals surface area contributed by atoms with Crippen LogP contribution in [-0.4, -0.2) is 48.1 Å². The summed E-state index contributed by atoms with van der Waals surface area (Å²) in [7, 11) is 0. The molecule has 1 saturated heterocycles. The number of halogens is 1. The fraction of sp³-hybridized carbons (Fsp3) is 0.500. The largest absolute Gasteiger partial charge is 0.376 e. The smallest absolute Gasteiger partial charge is 0.306 e. The summed E-state index contributed by atoms with van der Waals surface area (Å²) in [5.41, 5.74) is -0.281. The number of nitrogens with zero attached hydrogens (tertiary/aromatic N) is 2. The Bertz CT molecular complexity index is 567. The number of morpholine rings is 1. The molecular weight excluding hydrogens is 293 g/mol. The van der Waals surface area contributed by atoms with Crippen molar-refractivity contribution in [1.82, 2.24) is 4.90 Å². The molecule has 1 atom stereocenters. The lowest BCUT2D eigenvalue weighted by Crippen LogP contribution is -2.47. The summed E-state index contributed by atoms with van der Waals surface area (Å²) in [6, 6.07) is 3.45. The highest BCUT2D eigenvalue weighted by Crippen LogP contribution is 2.21. The van der Waals surface area contributed by atoms with Crippen LogP contribution in [0.15, 0.2) is 18.2 Å². The van der Waals surface area contributed by atoms with Gasteiger partial charge in [-0.25, -0.2) is 0 Å². The molecule has 1 aliphatic heterocycles. The summed E-state index contributed by atoms with van der Waals surface area (Å²) in [5, 5.41) is 13.5. The molecule has 1 fully saturated rings. The lowest BCUT2D eigenvalue weighted by atomic mass is 10.2. The zero-order chi connectivity index (χ0) is 16.1. The van der Waals surface area contributed by atoms with Gasteiger partial charge in [-0.1, -0.05) is 6.92 Å². The number of nitro groups is 1. The molecule has 0 unspecified atom stereocenters. The Balaban J connectivity index is 1.93. The minimum Gasteiger partial charge on any atom is -0.376 e. The zero-order valence-corrected chi connectivity index (χ0v) is 12.3. The van der Waals surface area contributed by atoms with E-state index in [2.05, 4.69) is 5.32 Å². The second-order valence-electron chi connectivity index (χ2n) is 5.02. The number of carbonyl (C=O) groups excluding carboxylic acids is 1. The van der Waals surface area contributed by atoms with Gasteiger partial charge in [0, 0.05) is 24.8 Å². The van der Waals surface area contributed by atoms with Crippen molar-refractivity contribution in [3.05, 3.63) is 34.1 Å². The highest BCUT2D eigenvalue weighted by Gasteiger charge is 2.23. The highest BCUT2D eigenvalue weighted by molar-refractivity contribution is 5.81. The third-order valence-electron chi connectivity index (χ3n) is 3.53. The van der Waals surface area contributed by atoms with Crippen molar-refractivity contribution >= 4 is 17.3 Å². The first-order valence-electron chi connectivity index (χ1n) is 7.08. The van der Waals surface area contributed by atoms with Gasteiger partial charge < -0.3 is 15.0 Å². The van der Waals surface area contributed by atoms with Crippen LogP contribution in [-0.2, 0) is 9.53 Å². The number of ether oxygens (including phenoxy) is 1. The molecule has 1 aliphatic rings. The lowest BCUT2D eigenvalue weighted by molar-refractivity contribution is -0.387. The SMILES string of the molecule is CC[C@H]1CN(C(=O)CNc2ccc(F)c([N+](=O)[O-])c2)CCO1. The minimum atomic E-state index is -0.902. The third-order valence-corrected chi connectivity index (χ3v) is 3.53. The summed E-state index contributed by atoms with van der Waals surface area (Å²) in [6.45, 7) is 3.57. The standard InChI is InChI=1S/C14H18FN3O4/c1-2-11-9-17(5-6-22-11)14(19)8-16-10-3-4-12(15)13(7-10)18(20)21/h3-4,7,11,16H,2,5-6,8-9H2,1H3/t11-/m0/s1. The second kappa shape index (κ2) is 7.17. The number of amides is 1. The highest BCUT2D eigenvalue weighted by atomic mass is 19.1. The molecule has 1 aromatic carbocycles. The van der Waals surface area contributed by atoms with Crippen LogP contribution in [0.1, 0.15) is 13.3 Å².